The number of anilines is 1. The predicted molar refractivity (Wildman–Crippen MR) is 112 cm³/mol. The first-order chi connectivity index (χ1) is 13.9. The molecule has 1 aromatic carbocycles. The second-order valence-electron chi connectivity index (χ2n) is 8.15. The SMILES string of the molecule is CCN(CC)Cc1cccc(NC(=O)CN2C(=O)NC3(CCCCC3C)C2=O)c1. The first-order valence-electron chi connectivity index (χ1n) is 10.6. The number of nitrogens with one attached hydrogen (secondary N) is 2. The fourth-order valence-electron chi connectivity index (χ4n) is 4.44. The highest BCUT2D eigenvalue weighted by molar-refractivity contribution is 6.10. The number of rotatable bonds is 7. The number of hydrogen-bond donors (Lipinski definition) is 2. The lowest BCUT2D eigenvalue weighted by Crippen LogP contribution is -2.54. The van der Waals surface area contributed by atoms with Crippen molar-refractivity contribution in [2.45, 2.75) is 58.5 Å². The van der Waals surface area contributed by atoms with E-state index in [-0.39, 0.29) is 24.3 Å². The van der Waals surface area contributed by atoms with Gasteiger partial charge in [0.05, 0.1) is 0 Å². The normalized spacial score (nSPS) is 24.3. The van der Waals surface area contributed by atoms with Crippen molar-refractivity contribution in [3.05, 3.63) is 29.8 Å². The van der Waals surface area contributed by atoms with Gasteiger partial charge in [-0.25, -0.2) is 4.79 Å². The van der Waals surface area contributed by atoms with Crippen LogP contribution in [0.15, 0.2) is 24.3 Å². The molecule has 1 aromatic rings. The molecule has 2 N–H and O–H groups in total. The van der Waals surface area contributed by atoms with Crippen LogP contribution in [-0.2, 0) is 16.1 Å². The summed E-state index contributed by atoms with van der Waals surface area (Å²) in [5.74, 6) is -0.549. The lowest BCUT2D eigenvalue weighted by Gasteiger charge is -2.36. The lowest BCUT2D eigenvalue weighted by molar-refractivity contribution is -0.136. The molecular formula is C22H32N4O3. The van der Waals surface area contributed by atoms with Crippen LogP contribution in [0.2, 0.25) is 0 Å². The lowest BCUT2D eigenvalue weighted by atomic mass is 9.73. The Kier molecular flexibility index (Phi) is 6.57. The van der Waals surface area contributed by atoms with Gasteiger partial charge in [-0.1, -0.05) is 45.7 Å². The predicted octanol–water partition coefficient (Wildman–Crippen LogP) is 2.97. The average molecular weight is 401 g/mol. The van der Waals surface area contributed by atoms with Crippen molar-refractivity contribution in [1.29, 1.82) is 0 Å². The molecule has 3 rings (SSSR count). The summed E-state index contributed by atoms with van der Waals surface area (Å²) in [4.78, 5) is 41.4. The molecule has 1 heterocycles. The van der Waals surface area contributed by atoms with Crippen LogP contribution in [0, 0.1) is 5.92 Å². The number of benzene rings is 1. The van der Waals surface area contributed by atoms with Crippen LogP contribution < -0.4 is 10.6 Å². The summed E-state index contributed by atoms with van der Waals surface area (Å²) in [7, 11) is 0. The van der Waals surface area contributed by atoms with E-state index >= 15 is 0 Å². The molecule has 158 valence electrons. The van der Waals surface area contributed by atoms with Gasteiger partial charge in [0.25, 0.3) is 5.91 Å². The van der Waals surface area contributed by atoms with Gasteiger partial charge in [-0.15, -0.1) is 0 Å². The zero-order chi connectivity index (χ0) is 21.0. The fraction of sp³-hybridized carbons (Fsp3) is 0.591. The highest BCUT2D eigenvalue weighted by atomic mass is 16.2. The van der Waals surface area contributed by atoms with Crippen LogP contribution >= 0.6 is 0 Å². The molecule has 4 amide bonds. The molecule has 0 bridgehead atoms. The van der Waals surface area contributed by atoms with Gasteiger partial charge < -0.3 is 10.6 Å². The van der Waals surface area contributed by atoms with E-state index in [9.17, 15) is 14.4 Å². The van der Waals surface area contributed by atoms with Crippen LogP contribution in [0.25, 0.3) is 0 Å². The molecule has 2 aliphatic rings. The van der Waals surface area contributed by atoms with Gasteiger partial charge in [0, 0.05) is 12.2 Å². The molecule has 1 aliphatic carbocycles. The number of urea groups is 1. The van der Waals surface area contributed by atoms with E-state index in [1.165, 1.54) is 0 Å². The summed E-state index contributed by atoms with van der Waals surface area (Å²) in [6, 6.07) is 7.22. The van der Waals surface area contributed by atoms with Gasteiger partial charge in [-0.2, -0.15) is 0 Å². The Labute approximate surface area is 172 Å². The van der Waals surface area contributed by atoms with Crippen molar-refractivity contribution < 1.29 is 14.4 Å². The summed E-state index contributed by atoms with van der Waals surface area (Å²) in [6.45, 7) is 8.70. The Morgan fingerprint density at radius 2 is 2.03 bits per heavy atom. The summed E-state index contributed by atoms with van der Waals surface area (Å²) >= 11 is 0. The first kappa shape index (κ1) is 21.3. The minimum Gasteiger partial charge on any atom is -0.325 e. The molecule has 29 heavy (non-hydrogen) atoms. The molecule has 7 nitrogen and oxygen atoms in total. The van der Waals surface area contributed by atoms with Crippen LogP contribution in [0.4, 0.5) is 10.5 Å². The smallest absolute Gasteiger partial charge is 0.325 e. The van der Waals surface area contributed by atoms with E-state index in [1.807, 2.05) is 31.2 Å². The first-order valence-corrected chi connectivity index (χ1v) is 10.6. The van der Waals surface area contributed by atoms with E-state index in [1.54, 1.807) is 0 Å². The van der Waals surface area contributed by atoms with Gasteiger partial charge in [0.1, 0.15) is 12.1 Å². The summed E-state index contributed by atoms with van der Waals surface area (Å²) in [6.07, 6.45) is 3.53. The average Bonchev–Trinajstić information content (AvgIpc) is 2.93. The third-order valence-corrected chi connectivity index (χ3v) is 6.31. The molecule has 1 spiro atoms. The van der Waals surface area contributed by atoms with Gasteiger partial charge in [0.2, 0.25) is 5.91 Å². The third-order valence-electron chi connectivity index (χ3n) is 6.31. The Morgan fingerprint density at radius 3 is 2.72 bits per heavy atom. The van der Waals surface area contributed by atoms with Crippen molar-refractivity contribution in [1.82, 2.24) is 15.1 Å². The van der Waals surface area contributed by atoms with Crippen molar-refractivity contribution in [3.63, 3.8) is 0 Å². The Hall–Kier alpha value is -2.41. The second kappa shape index (κ2) is 8.95. The van der Waals surface area contributed by atoms with Crippen molar-refractivity contribution in [3.8, 4) is 0 Å². The van der Waals surface area contributed by atoms with Gasteiger partial charge in [-0.3, -0.25) is 19.4 Å². The molecule has 1 aliphatic heterocycles. The van der Waals surface area contributed by atoms with Gasteiger partial charge >= 0.3 is 6.03 Å². The van der Waals surface area contributed by atoms with Crippen LogP contribution in [0.3, 0.4) is 0 Å². The highest BCUT2D eigenvalue weighted by Gasteiger charge is 2.55. The molecule has 0 aromatic heterocycles. The zero-order valence-corrected chi connectivity index (χ0v) is 17.7. The Bertz CT molecular complexity index is 777. The van der Waals surface area contributed by atoms with Gasteiger partial charge in [-0.05, 0) is 49.5 Å². The van der Waals surface area contributed by atoms with Crippen LogP contribution in [-0.4, -0.2) is 52.8 Å². The van der Waals surface area contributed by atoms with Crippen molar-refractivity contribution in [2.75, 3.05) is 25.0 Å². The molecular weight excluding hydrogens is 368 g/mol. The summed E-state index contributed by atoms with van der Waals surface area (Å²) in [5.41, 5.74) is 0.947. The second-order valence-corrected chi connectivity index (χ2v) is 8.15. The summed E-state index contributed by atoms with van der Waals surface area (Å²) < 4.78 is 0. The number of imide groups is 1. The van der Waals surface area contributed by atoms with E-state index in [2.05, 4.69) is 29.4 Å². The molecule has 2 unspecified atom stereocenters. The van der Waals surface area contributed by atoms with Crippen LogP contribution in [0.1, 0.15) is 52.0 Å². The monoisotopic (exact) mass is 400 g/mol. The largest absolute Gasteiger partial charge is 0.325 e. The minimum atomic E-state index is -0.834. The standard InChI is InChI=1S/C22H32N4O3/c1-4-25(5-2)14-17-10-8-11-18(13-17)23-19(27)15-26-20(28)22(24-21(26)29)12-7-6-9-16(22)3/h8,10-11,13,16H,4-7,9,12,14-15H2,1-3H3,(H,23,27)(H,24,29). The maximum Gasteiger partial charge on any atom is 0.325 e. The van der Waals surface area contributed by atoms with E-state index in [4.69, 9.17) is 0 Å². The molecule has 7 heteroatoms. The Morgan fingerprint density at radius 1 is 1.28 bits per heavy atom. The Balaban J connectivity index is 1.64. The topological polar surface area (TPSA) is 81.8 Å². The molecule has 1 saturated heterocycles. The number of carbonyl (C=O) groups is 3. The van der Waals surface area contributed by atoms with Gasteiger partial charge in [0.15, 0.2) is 0 Å². The van der Waals surface area contributed by atoms with E-state index in [0.717, 1.165) is 49.4 Å². The zero-order valence-electron chi connectivity index (χ0n) is 17.7. The van der Waals surface area contributed by atoms with Crippen molar-refractivity contribution >= 4 is 23.5 Å². The third kappa shape index (κ3) is 4.45. The maximum absolute atomic E-state index is 13.0. The molecule has 2 atom stereocenters. The number of carbonyl (C=O) groups excluding carboxylic acids is 3. The summed E-state index contributed by atoms with van der Waals surface area (Å²) in [5, 5.41) is 5.71. The molecule has 1 saturated carbocycles. The molecule has 0 radical (unpaired) electrons. The quantitative estimate of drug-likeness (QED) is 0.690. The van der Waals surface area contributed by atoms with E-state index in [0.29, 0.717) is 12.1 Å². The number of nitrogens with zero attached hydrogens (tertiary/aromatic N) is 2. The van der Waals surface area contributed by atoms with E-state index < -0.39 is 11.6 Å². The number of amides is 4. The highest BCUT2D eigenvalue weighted by Crippen LogP contribution is 2.38. The molecule has 2 fully saturated rings. The van der Waals surface area contributed by atoms with Crippen molar-refractivity contribution in [2.24, 2.45) is 5.92 Å². The fourth-order valence-corrected chi connectivity index (χ4v) is 4.44. The van der Waals surface area contributed by atoms with Crippen LogP contribution in [0.5, 0.6) is 0 Å². The number of hydrogen-bond acceptors (Lipinski definition) is 4. The minimum absolute atomic E-state index is 0.0810. The maximum atomic E-state index is 13.0.